The van der Waals surface area contributed by atoms with Gasteiger partial charge >= 0.3 is 0 Å². The fourth-order valence-electron chi connectivity index (χ4n) is 4.09. The molecule has 0 atom stereocenters. The SMILES string of the molecule is COCCOCCc1ccc([S+](c2ccc(CCOCCOC)cc2)c2ccc(CCOCCOC)cc2)cc1. The van der Waals surface area contributed by atoms with E-state index in [1.54, 1.807) is 21.3 Å². The minimum absolute atomic E-state index is 0.213. The largest absolute Gasteiger partial charge is 0.382 e. The molecule has 0 aliphatic heterocycles. The van der Waals surface area contributed by atoms with E-state index in [-0.39, 0.29) is 10.9 Å². The third-order valence-corrected chi connectivity index (χ3v) is 8.61. The standard InChI is InChI=1S/C33H45O6S/c1-34-22-25-37-19-16-28-4-10-31(11-5-28)40(32-12-6-29(7-13-32)17-20-38-26-23-35-2)33-14-8-30(9-15-33)18-21-39-27-24-36-3/h4-15H,16-27H2,1-3H3/q+1. The maximum Gasteiger partial charge on any atom is 0.166 e. The van der Waals surface area contributed by atoms with E-state index in [0.29, 0.717) is 59.5 Å². The Labute approximate surface area is 243 Å². The van der Waals surface area contributed by atoms with Crippen LogP contribution in [0.2, 0.25) is 0 Å². The van der Waals surface area contributed by atoms with Crippen LogP contribution in [0, 0.1) is 0 Å². The van der Waals surface area contributed by atoms with Gasteiger partial charge in [0.1, 0.15) is 0 Å². The zero-order valence-electron chi connectivity index (χ0n) is 24.3. The monoisotopic (exact) mass is 569 g/mol. The van der Waals surface area contributed by atoms with Gasteiger partial charge in [-0.05, 0) is 72.4 Å². The first kappa shape index (κ1) is 32.3. The first-order valence-corrected chi connectivity index (χ1v) is 15.2. The van der Waals surface area contributed by atoms with E-state index in [1.807, 2.05) is 0 Å². The Hall–Kier alpha value is -2.23. The van der Waals surface area contributed by atoms with Crippen LogP contribution in [0.4, 0.5) is 0 Å². The third kappa shape index (κ3) is 11.7. The second-order valence-corrected chi connectivity index (χ2v) is 11.3. The van der Waals surface area contributed by atoms with Gasteiger partial charge in [-0.2, -0.15) is 0 Å². The summed E-state index contributed by atoms with van der Waals surface area (Å²) in [7, 11) is 4.86. The average molecular weight is 570 g/mol. The third-order valence-electron chi connectivity index (χ3n) is 6.38. The zero-order valence-corrected chi connectivity index (χ0v) is 25.1. The van der Waals surface area contributed by atoms with Crippen LogP contribution in [0.1, 0.15) is 16.7 Å². The molecular formula is C33H45O6S+. The van der Waals surface area contributed by atoms with E-state index < -0.39 is 0 Å². The summed E-state index contributed by atoms with van der Waals surface area (Å²) in [5, 5.41) is 0. The molecular weight excluding hydrogens is 524 g/mol. The van der Waals surface area contributed by atoms with Gasteiger partial charge < -0.3 is 28.4 Å². The van der Waals surface area contributed by atoms with E-state index in [0.717, 1.165) is 19.3 Å². The van der Waals surface area contributed by atoms with Gasteiger partial charge in [0.05, 0.1) is 70.4 Å². The summed E-state index contributed by atoms with van der Waals surface area (Å²) >= 11 is 0. The topological polar surface area (TPSA) is 55.4 Å². The molecule has 0 radical (unpaired) electrons. The Morgan fingerprint density at radius 2 is 0.650 bits per heavy atom. The van der Waals surface area contributed by atoms with Crippen molar-refractivity contribution < 1.29 is 28.4 Å². The predicted molar refractivity (Wildman–Crippen MR) is 161 cm³/mol. The van der Waals surface area contributed by atoms with Crippen LogP contribution in [-0.2, 0) is 58.6 Å². The Balaban J connectivity index is 1.71. The highest BCUT2D eigenvalue weighted by atomic mass is 32.2. The van der Waals surface area contributed by atoms with E-state index in [1.165, 1.54) is 31.4 Å². The lowest BCUT2D eigenvalue weighted by Crippen LogP contribution is -2.08. The summed E-state index contributed by atoms with van der Waals surface area (Å²) in [4.78, 5) is 3.90. The predicted octanol–water partition coefficient (Wildman–Crippen LogP) is 5.40. The summed E-state index contributed by atoms with van der Waals surface area (Å²) in [6, 6.07) is 27.0. The summed E-state index contributed by atoms with van der Waals surface area (Å²) in [5.41, 5.74) is 3.83. The molecule has 0 amide bonds. The van der Waals surface area contributed by atoms with E-state index in [9.17, 15) is 0 Å². The van der Waals surface area contributed by atoms with Crippen molar-refractivity contribution in [2.24, 2.45) is 0 Å². The Morgan fingerprint density at radius 3 is 0.900 bits per heavy atom. The van der Waals surface area contributed by atoms with Crippen LogP contribution in [-0.4, -0.2) is 80.8 Å². The minimum atomic E-state index is -0.213. The first-order valence-electron chi connectivity index (χ1n) is 14.0. The molecule has 0 aliphatic rings. The fraction of sp³-hybridized carbons (Fsp3) is 0.455. The highest BCUT2D eigenvalue weighted by Gasteiger charge is 2.28. The fourth-order valence-corrected chi connectivity index (χ4v) is 6.13. The van der Waals surface area contributed by atoms with Crippen LogP contribution < -0.4 is 0 Å². The van der Waals surface area contributed by atoms with Gasteiger partial charge in [-0.15, -0.1) is 0 Å². The molecule has 0 aliphatic carbocycles. The van der Waals surface area contributed by atoms with Gasteiger partial charge in [0, 0.05) is 21.3 Å². The van der Waals surface area contributed by atoms with Gasteiger partial charge in [-0.3, -0.25) is 0 Å². The molecule has 7 heteroatoms. The number of rotatable bonds is 21. The molecule has 0 N–H and O–H groups in total. The van der Waals surface area contributed by atoms with Gasteiger partial charge in [-0.1, -0.05) is 36.4 Å². The lowest BCUT2D eigenvalue weighted by molar-refractivity contribution is 0.0722. The number of hydrogen-bond donors (Lipinski definition) is 0. The van der Waals surface area contributed by atoms with Crippen molar-refractivity contribution in [3.63, 3.8) is 0 Å². The number of hydrogen-bond acceptors (Lipinski definition) is 6. The second kappa shape index (κ2) is 19.8. The number of methoxy groups -OCH3 is 3. The highest BCUT2D eigenvalue weighted by Crippen LogP contribution is 2.32. The van der Waals surface area contributed by atoms with Gasteiger partial charge in [-0.25, -0.2) is 0 Å². The molecule has 6 nitrogen and oxygen atoms in total. The summed E-state index contributed by atoms with van der Waals surface area (Å²) in [5.74, 6) is 0. The van der Waals surface area contributed by atoms with Crippen LogP contribution in [0.3, 0.4) is 0 Å². The lowest BCUT2D eigenvalue weighted by Gasteiger charge is -2.11. The van der Waals surface area contributed by atoms with Gasteiger partial charge in [0.25, 0.3) is 0 Å². The van der Waals surface area contributed by atoms with Crippen molar-refractivity contribution in [3.05, 3.63) is 89.5 Å². The van der Waals surface area contributed by atoms with Crippen LogP contribution in [0.15, 0.2) is 87.5 Å². The summed E-state index contributed by atoms with van der Waals surface area (Å²) < 4.78 is 32.1. The normalized spacial score (nSPS) is 11.4. The highest BCUT2D eigenvalue weighted by molar-refractivity contribution is 7.97. The minimum Gasteiger partial charge on any atom is -0.382 e. The maximum absolute atomic E-state index is 5.66. The molecule has 0 bridgehead atoms. The zero-order chi connectivity index (χ0) is 28.3. The first-order chi connectivity index (χ1) is 19.7. The van der Waals surface area contributed by atoms with Crippen LogP contribution in [0.25, 0.3) is 0 Å². The molecule has 3 aromatic carbocycles. The molecule has 40 heavy (non-hydrogen) atoms. The van der Waals surface area contributed by atoms with Gasteiger partial charge in [0.2, 0.25) is 0 Å². The maximum atomic E-state index is 5.66. The van der Waals surface area contributed by atoms with Crippen molar-refractivity contribution in [2.45, 2.75) is 33.9 Å². The van der Waals surface area contributed by atoms with Crippen LogP contribution in [0.5, 0.6) is 0 Å². The molecule has 218 valence electrons. The Bertz CT molecular complexity index is 903. The molecule has 3 rings (SSSR count). The van der Waals surface area contributed by atoms with E-state index in [4.69, 9.17) is 28.4 Å². The average Bonchev–Trinajstić information content (AvgIpc) is 2.99. The molecule has 0 aromatic heterocycles. The summed E-state index contributed by atoms with van der Waals surface area (Å²) in [6.45, 7) is 5.85. The number of benzene rings is 3. The summed E-state index contributed by atoms with van der Waals surface area (Å²) in [6.07, 6.45) is 2.67. The van der Waals surface area contributed by atoms with Crippen molar-refractivity contribution in [3.8, 4) is 0 Å². The smallest absolute Gasteiger partial charge is 0.166 e. The Morgan fingerprint density at radius 1 is 0.375 bits per heavy atom. The molecule has 0 heterocycles. The molecule has 0 fully saturated rings. The lowest BCUT2D eigenvalue weighted by atomic mass is 10.2. The molecule has 0 saturated carbocycles. The van der Waals surface area contributed by atoms with Gasteiger partial charge in [0.15, 0.2) is 14.7 Å². The van der Waals surface area contributed by atoms with Crippen molar-refractivity contribution in [1.82, 2.24) is 0 Å². The molecule has 0 spiro atoms. The van der Waals surface area contributed by atoms with Crippen LogP contribution >= 0.6 is 0 Å². The van der Waals surface area contributed by atoms with Crippen molar-refractivity contribution in [1.29, 1.82) is 0 Å². The molecule has 0 saturated heterocycles. The van der Waals surface area contributed by atoms with E-state index >= 15 is 0 Å². The Kier molecular flexibility index (Phi) is 16.0. The second-order valence-electron chi connectivity index (χ2n) is 9.30. The van der Waals surface area contributed by atoms with Crippen molar-refractivity contribution in [2.75, 3.05) is 80.8 Å². The number of ether oxygens (including phenoxy) is 6. The van der Waals surface area contributed by atoms with E-state index in [2.05, 4.69) is 72.8 Å². The quantitative estimate of drug-likeness (QED) is 0.127. The van der Waals surface area contributed by atoms with Crippen molar-refractivity contribution >= 4 is 10.9 Å². The molecule has 3 aromatic rings. The molecule has 0 unspecified atom stereocenters.